The molecule has 1 rings (SSSR count). The van der Waals surface area contributed by atoms with E-state index in [2.05, 4.69) is 15.9 Å². The van der Waals surface area contributed by atoms with Crippen LogP contribution in [0.1, 0.15) is 19.4 Å². The molecule has 0 fully saturated rings. The predicted molar refractivity (Wildman–Crippen MR) is 60.6 cm³/mol. The first-order valence-corrected chi connectivity index (χ1v) is 5.49. The van der Waals surface area contributed by atoms with E-state index in [0.29, 0.717) is 13.0 Å². The monoisotopic (exact) mass is 277 g/mol. The fraction of sp³-hybridized carbons (Fsp3) is 0.455. The van der Waals surface area contributed by atoms with E-state index < -0.39 is 11.6 Å². The van der Waals surface area contributed by atoms with E-state index in [0.717, 1.165) is 0 Å². The molecule has 1 aromatic rings. The highest BCUT2D eigenvalue weighted by atomic mass is 79.9. The van der Waals surface area contributed by atoms with Gasteiger partial charge in [-0.2, -0.15) is 0 Å². The van der Waals surface area contributed by atoms with Gasteiger partial charge in [-0.25, -0.2) is 8.78 Å². The highest BCUT2D eigenvalue weighted by Gasteiger charge is 2.22. The molecule has 15 heavy (non-hydrogen) atoms. The molecule has 1 nitrogen and oxygen atoms in total. The largest absolute Gasteiger partial charge is 0.330 e. The van der Waals surface area contributed by atoms with Crippen LogP contribution in [0.15, 0.2) is 16.6 Å². The fourth-order valence-corrected chi connectivity index (χ4v) is 1.65. The van der Waals surface area contributed by atoms with Crippen molar-refractivity contribution in [1.82, 2.24) is 0 Å². The summed E-state index contributed by atoms with van der Waals surface area (Å²) in [6, 6.07) is 2.62. The smallest absolute Gasteiger partial charge is 0.143 e. The molecule has 1 aromatic carbocycles. The van der Waals surface area contributed by atoms with Crippen molar-refractivity contribution < 1.29 is 8.78 Å². The molecule has 0 amide bonds. The van der Waals surface area contributed by atoms with Gasteiger partial charge >= 0.3 is 0 Å². The zero-order valence-electron chi connectivity index (χ0n) is 8.78. The predicted octanol–water partition coefficient (Wildman–Crippen LogP) is 3.25. The first-order valence-electron chi connectivity index (χ1n) is 4.70. The van der Waals surface area contributed by atoms with Gasteiger partial charge in [0.15, 0.2) is 0 Å². The quantitative estimate of drug-likeness (QED) is 0.844. The zero-order chi connectivity index (χ0) is 11.6. The first kappa shape index (κ1) is 12.6. The number of hydrogen-bond donors (Lipinski definition) is 1. The maximum atomic E-state index is 13.6. The molecule has 0 aliphatic carbocycles. The summed E-state index contributed by atoms with van der Waals surface area (Å²) in [4.78, 5) is 0. The van der Waals surface area contributed by atoms with E-state index in [1.54, 1.807) is 0 Å². The van der Waals surface area contributed by atoms with Crippen molar-refractivity contribution in [3.05, 3.63) is 33.8 Å². The van der Waals surface area contributed by atoms with Crippen LogP contribution < -0.4 is 5.73 Å². The van der Waals surface area contributed by atoms with Crippen LogP contribution in [0.5, 0.6) is 0 Å². The number of hydrogen-bond acceptors (Lipinski definition) is 1. The van der Waals surface area contributed by atoms with Gasteiger partial charge in [0.2, 0.25) is 0 Å². The third kappa shape index (κ3) is 2.98. The van der Waals surface area contributed by atoms with E-state index in [1.165, 1.54) is 12.1 Å². The molecule has 0 aliphatic rings. The van der Waals surface area contributed by atoms with Crippen molar-refractivity contribution in [3.63, 3.8) is 0 Å². The Hall–Kier alpha value is -0.480. The minimum absolute atomic E-state index is 0.0971. The Kier molecular flexibility index (Phi) is 3.84. The fourth-order valence-electron chi connectivity index (χ4n) is 1.28. The molecule has 84 valence electrons. The van der Waals surface area contributed by atoms with Crippen LogP contribution in [-0.4, -0.2) is 6.54 Å². The molecule has 0 bridgehead atoms. The summed E-state index contributed by atoms with van der Waals surface area (Å²) >= 11 is 3.04. The van der Waals surface area contributed by atoms with E-state index in [4.69, 9.17) is 5.73 Å². The molecular formula is C11H14BrF2N. The van der Waals surface area contributed by atoms with E-state index in [9.17, 15) is 8.78 Å². The van der Waals surface area contributed by atoms with Crippen molar-refractivity contribution in [2.75, 3.05) is 6.54 Å². The van der Waals surface area contributed by atoms with Crippen LogP contribution in [0.2, 0.25) is 0 Å². The minimum Gasteiger partial charge on any atom is -0.330 e. The standard InChI is InChI=1S/C11H14BrF2N/c1-11(2,6-15)5-7-9(13)4-3-8(12)10(7)14/h3-4H,5-6,15H2,1-2H3. The highest BCUT2D eigenvalue weighted by Crippen LogP contribution is 2.27. The van der Waals surface area contributed by atoms with Crippen molar-refractivity contribution >= 4 is 15.9 Å². The molecule has 0 saturated heterocycles. The molecule has 0 radical (unpaired) electrons. The summed E-state index contributed by atoms with van der Waals surface area (Å²) in [5.41, 5.74) is 5.33. The van der Waals surface area contributed by atoms with Crippen LogP contribution in [0.3, 0.4) is 0 Å². The Morgan fingerprint density at radius 3 is 2.47 bits per heavy atom. The van der Waals surface area contributed by atoms with Gasteiger partial charge in [-0.3, -0.25) is 0 Å². The van der Waals surface area contributed by atoms with Gasteiger partial charge in [0.1, 0.15) is 11.6 Å². The van der Waals surface area contributed by atoms with Gasteiger partial charge in [0.25, 0.3) is 0 Å². The molecule has 0 atom stereocenters. The van der Waals surface area contributed by atoms with E-state index in [1.807, 2.05) is 13.8 Å². The maximum absolute atomic E-state index is 13.6. The Morgan fingerprint density at radius 1 is 1.33 bits per heavy atom. The van der Waals surface area contributed by atoms with Crippen LogP contribution >= 0.6 is 15.9 Å². The average Bonchev–Trinajstić information content (AvgIpc) is 2.19. The van der Waals surface area contributed by atoms with E-state index in [-0.39, 0.29) is 15.5 Å². The minimum atomic E-state index is -0.531. The number of benzene rings is 1. The molecule has 4 heteroatoms. The van der Waals surface area contributed by atoms with Crippen molar-refractivity contribution in [1.29, 1.82) is 0 Å². The summed E-state index contributed by atoms with van der Waals surface area (Å²) in [5.74, 6) is -1.05. The Morgan fingerprint density at radius 2 is 1.93 bits per heavy atom. The lowest BCUT2D eigenvalue weighted by Crippen LogP contribution is -2.26. The van der Waals surface area contributed by atoms with Gasteiger partial charge in [0, 0.05) is 5.56 Å². The van der Waals surface area contributed by atoms with Crippen molar-refractivity contribution in [2.45, 2.75) is 20.3 Å². The van der Waals surface area contributed by atoms with Crippen LogP contribution in [-0.2, 0) is 6.42 Å². The first-order chi connectivity index (χ1) is 6.87. The Bertz CT molecular complexity index is 364. The van der Waals surface area contributed by atoms with Crippen molar-refractivity contribution in [2.24, 2.45) is 11.1 Å². The van der Waals surface area contributed by atoms with Crippen LogP contribution in [0.25, 0.3) is 0 Å². The molecule has 0 aliphatic heterocycles. The van der Waals surface area contributed by atoms with Gasteiger partial charge in [-0.1, -0.05) is 13.8 Å². The number of halogens is 3. The molecule has 0 heterocycles. The number of nitrogens with two attached hydrogens (primary N) is 1. The SMILES string of the molecule is CC(C)(CN)Cc1c(F)ccc(Br)c1F. The van der Waals surface area contributed by atoms with Gasteiger partial charge in [-0.05, 0) is 46.4 Å². The lowest BCUT2D eigenvalue weighted by molar-refractivity contribution is 0.361. The molecule has 2 N–H and O–H groups in total. The summed E-state index contributed by atoms with van der Waals surface area (Å²) in [5, 5.41) is 0. The zero-order valence-corrected chi connectivity index (χ0v) is 10.4. The Labute approximate surface area is 96.8 Å². The topological polar surface area (TPSA) is 26.0 Å². The molecule has 0 spiro atoms. The highest BCUT2D eigenvalue weighted by molar-refractivity contribution is 9.10. The van der Waals surface area contributed by atoms with Gasteiger partial charge < -0.3 is 5.73 Å². The summed E-state index contributed by atoms with van der Waals surface area (Å²) in [6.45, 7) is 4.15. The molecule has 0 saturated carbocycles. The summed E-state index contributed by atoms with van der Waals surface area (Å²) in [6.07, 6.45) is 0.292. The summed E-state index contributed by atoms with van der Waals surface area (Å²) < 4.78 is 27.3. The second-order valence-electron chi connectivity index (χ2n) is 4.37. The van der Waals surface area contributed by atoms with Crippen LogP contribution in [0.4, 0.5) is 8.78 Å². The Balaban J connectivity index is 3.09. The van der Waals surface area contributed by atoms with Crippen LogP contribution in [0, 0.1) is 17.0 Å². The second-order valence-corrected chi connectivity index (χ2v) is 5.22. The van der Waals surface area contributed by atoms with E-state index >= 15 is 0 Å². The van der Waals surface area contributed by atoms with Crippen molar-refractivity contribution in [3.8, 4) is 0 Å². The lowest BCUT2D eigenvalue weighted by atomic mass is 9.85. The third-order valence-electron chi connectivity index (χ3n) is 2.35. The number of rotatable bonds is 3. The van der Waals surface area contributed by atoms with Gasteiger partial charge in [0.05, 0.1) is 4.47 Å². The maximum Gasteiger partial charge on any atom is 0.143 e. The molecule has 0 aromatic heterocycles. The molecular weight excluding hydrogens is 264 g/mol. The lowest BCUT2D eigenvalue weighted by Gasteiger charge is -2.23. The second kappa shape index (κ2) is 4.58. The normalized spacial score (nSPS) is 11.9. The summed E-state index contributed by atoms with van der Waals surface area (Å²) in [7, 11) is 0. The van der Waals surface area contributed by atoms with Gasteiger partial charge in [-0.15, -0.1) is 0 Å². The third-order valence-corrected chi connectivity index (χ3v) is 2.96. The molecule has 0 unspecified atom stereocenters. The average molecular weight is 278 g/mol.